The molecule has 0 saturated heterocycles. The Morgan fingerprint density at radius 3 is 2.50 bits per heavy atom. The molecule has 1 unspecified atom stereocenters. The lowest BCUT2D eigenvalue weighted by Crippen LogP contribution is -2.14. The Kier molecular flexibility index (Phi) is 5.17. The van der Waals surface area contributed by atoms with E-state index >= 15 is 0 Å². The molecule has 0 aromatic rings. The maximum Gasteiger partial charge on any atom is 0.265 e. The zero-order valence-electron chi connectivity index (χ0n) is 7.36. The number of hydrogen-bond donors (Lipinski definition) is 1. The van der Waals surface area contributed by atoms with E-state index in [1.165, 1.54) is 0 Å². The number of allylic oxidation sites excluding steroid dienone is 1. The van der Waals surface area contributed by atoms with Crippen LogP contribution in [0.5, 0.6) is 0 Å². The summed E-state index contributed by atoms with van der Waals surface area (Å²) in [6.07, 6.45) is 4.07. The van der Waals surface area contributed by atoms with Crippen LogP contribution in [0, 0.1) is 5.92 Å². The maximum absolute atomic E-state index is 10.5. The summed E-state index contributed by atoms with van der Waals surface area (Å²) in [5, 5.41) is 0. The molecule has 0 aromatic carbocycles. The predicted octanol–water partition coefficient (Wildman–Crippen LogP) is 1.87. The van der Waals surface area contributed by atoms with Crippen molar-refractivity contribution in [1.29, 1.82) is 0 Å². The minimum absolute atomic E-state index is 0.0162. The topological polar surface area (TPSA) is 54.4 Å². The van der Waals surface area contributed by atoms with Crippen molar-refractivity contribution < 1.29 is 13.0 Å². The molecule has 0 amide bonds. The van der Waals surface area contributed by atoms with Gasteiger partial charge in [-0.2, -0.15) is 8.42 Å². The minimum Gasteiger partial charge on any atom is -0.286 e. The van der Waals surface area contributed by atoms with Crippen LogP contribution in [0.2, 0.25) is 0 Å². The first-order chi connectivity index (χ1) is 5.49. The van der Waals surface area contributed by atoms with Crippen LogP contribution in [-0.2, 0) is 10.1 Å². The van der Waals surface area contributed by atoms with Gasteiger partial charge >= 0.3 is 0 Å². The Hall–Kier alpha value is -0.350. The quantitative estimate of drug-likeness (QED) is 0.516. The molecule has 0 aromatic heterocycles. The van der Waals surface area contributed by atoms with E-state index in [1.54, 1.807) is 6.08 Å². The average Bonchev–Trinajstić information content (AvgIpc) is 1.84. The Morgan fingerprint density at radius 2 is 2.17 bits per heavy atom. The van der Waals surface area contributed by atoms with Crippen LogP contribution in [-0.4, -0.2) is 18.7 Å². The molecule has 4 heteroatoms. The van der Waals surface area contributed by atoms with Gasteiger partial charge in [-0.15, -0.1) is 6.58 Å². The summed E-state index contributed by atoms with van der Waals surface area (Å²) < 4.78 is 29.6. The normalized spacial score (nSPS) is 14.2. The second kappa shape index (κ2) is 5.32. The summed E-state index contributed by atoms with van der Waals surface area (Å²) in [6, 6.07) is 0. The maximum atomic E-state index is 10.5. The van der Waals surface area contributed by atoms with Crippen LogP contribution in [0.4, 0.5) is 0 Å². The monoisotopic (exact) mass is 192 g/mol. The van der Waals surface area contributed by atoms with Crippen molar-refractivity contribution in [3.8, 4) is 0 Å². The highest BCUT2D eigenvalue weighted by atomic mass is 32.2. The molecule has 0 aliphatic carbocycles. The van der Waals surface area contributed by atoms with E-state index in [0.29, 0.717) is 6.42 Å². The molecule has 1 atom stereocenters. The zero-order valence-corrected chi connectivity index (χ0v) is 8.18. The van der Waals surface area contributed by atoms with Crippen LogP contribution in [0.3, 0.4) is 0 Å². The van der Waals surface area contributed by atoms with E-state index in [4.69, 9.17) is 4.55 Å². The van der Waals surface area contributed by atoms with Crippen molar-refractivity contribution in [3.05, 3.63) is 12.7 Å². The summed E-state index contributed by atoms with van der Waals surface area (Å²) in [4.78, 5) is 0. The second-order valence-corrected chi connectivity index (χ2v) is 4.42. The van der Waals surface area contributed by atoms with Crippen molar-refractivity contribution in [2.24, 2.45) is 5.92 Å². The molecule has 0 heterocycles. The second-order valence-electron chi connectivity index (χ2n) is 2.93. The fourth-order valence-electron chi connectivity index (χ4n) is 1.21. The molecule has 0 aliphatic heterocycles. The third-order valence-corrected chi connectivity index (χ3v) is 2.54. The minimum atomic E-state index is -3.82. The Balaban J connectivity index is 4.03. The number of hydrogen-bond acceptors (Lipinski definition) is 2. The van der Waals surface area contributed by atoms with Gasteiger partial charge in [-0.05, 0) is 18.8 Å². The van der Waals surface area contributed by atoms with Gasteiger partial charge in [0.25, 0.3) is 10.1 Å². The lowest BCUT2D eigenvalue weighted by molar-refractivity contribution is 0.453. The molecule has 0 saturated carbocycles. The van der Waals surface area contributed by atoms with Crippen LogP contribution in [0.1, 0.15) is 26.2 Å². The average molecular weight is 192 g/mol. The summed E-state index contributed by atoms with van der Waals surface area (Å²) in [7, 11) is -3.82. The lowest BCUT2D eigenvalue weighted by Gasteiger charge is -2.10. The first-order valence-corrected chi connectivity index (χ1v) is 5.66. The summed E-state index contributed by atoms with van der Waals surface area (Å²) in [5.41, 5.74) is 0. The molecule has 0 fully saturated rings. The highest BCUT2D eigenvalue weighted by Crippen LogP contribution is 2.13. The van der Waals surface area contributed by atoms with Gasteiger partial charge in [0.15, 0.2) is 0 Å². The van der Waals surface area contributed by atoms with Gasteiger partial charge in [0.1, 0.15) is 0 Å². The summed E-state index contributed by atoms with van der Waals surface area (Å²) in [5.74, 6) is -0.130. The van der Waals surface area contributed by atoms with Gasteiger partial charge in [0.05, 0.1) is 5.75 Å². The smallest absolute Gasteiger partial charge is 0.265 e. The summed E-state index contributed by atoms with van der Waals surface area (Å²) >= 11 is 0. The standard InChI is InChI=1S/C8H16O3S/c1-3-5-8(6-4-2)7-12(9,10)11/h3,8H,1,4-7H2,2H3,(H,9,10,11). The van der Waals surface area contributed by atoms with Crippen molar-refractivity contribution in [2.45, 2.75) is 26.2 Å². The van der Waals surface area contributed by atoms with Gasteiger partial charge in [0.2, 0.25) is 0 Å². The van der Waals surface area contributed by atoms with Crippen molar-refractivity contribution >= 4 is 10.1 Å². The SMILES string of the molecule is C=CCC(CCC)CS(=O)(=O)O. The highest BCUT2D eigenvalue weighted by molar-refractivity contribution is 7.85. The van der Waals surface area contributed by atoms with Gasteiger partial charge in [-0.25, -0.2) is 0 Å². The van der Waals surface area contributed by atoms with Crippen LogP contribution in [0.25, 0.3) is 0 Å². The van der Waals surface area contributed by atoms with Crippen LogP contribution < -0.4 is 0 Å². The number of rotatable bonds is 6. The largest absolute Gasteiger partial charge is 0.286 e. The Bertz CT molecular complexity index is 218. The third-order valence-electron chi connectivity index (χ3n) is 1.64. The van der Waals surface area contributed by atoms with E-state index in [1.807, 2.05) is 6.92 Å². The predicted molar refractivity (Wildman–Crippen MR) is 49.6 cm³/mol. The fourth-order valence-corrected chi connectivity index (χ4v) is 2.11. The van der Waals surface area contributed by atoms with E-state index in [0.717, 1.165) is 12.8 Å². The van der Waals surface area contributed by atoms with Crippen LogP contribution >= 0.6 is 0 Å². The molecule has 3 nitrogen and oxygen atoms in total. The third kappa shape index (κ3) is 6.37. The zero-order chi connectivity index (χ0) is 9.61. The molecule has 0 rings (SSSR count). The molecule has 72 valence electrons. The molecular formula is C8H16O3S. The van der Waals surface area contributed by atoms with Gasteiger partial charge < -0.3 is 0 Å². The van der Waals surface area contributed by atoms with Crippen molar-refractivity contribution in [2.75, 3.05) is 5.75 Å². The molecule has 0 radical (unpaired) electrons. The van der Waals surface area contributed by atoms with Crippen molar-refractivity contribution in [3.63, 3.8) is 0 Å². The fraction of sp³-hybridized carbons (Fsp3) is 0.750. The molecular weight excluding hydrogens is 176 g/mol. The van der Waals surface area contributed by atoms with Gasteiger partial charge in [0, 0.05) is 0 Å². The highest BCUT2D eigenvalue weighted by Gasteiger charge is 2.14. The first kappa shape index (κ1) is 11.6. The van der Waals surface area contributed by atoms with Gasteiger partial charge in [-0.1, -0.05) is 19.4 Å². The molecule has 0 bridgehead atoms. The van der Waals surface area contributed by atoms with Crippen LogP contribution in [0.15, 0.2) is 12.7 Å². The van der Waals surface area contributed by atoms with Gasteiger partial charge in [-0.3, -0.25) is 4.55 Å². The van der Waals surface area contributed by atoms with E-state index in [-0.39, 0.29) is 11.7 Å². The van der Waals surface area contributed by atoms with E-state index < -0.39 is 10.1 Å². The Labute approximate surface area is 74.2 Å². The molecule has 0 aliphatic rings. The first-order valence-electron chi connectivity index (χ1n) is 4.05. The Morgan fingerprint density at radius 1 is 1.58 bits per heavy atom. The lowest BCUT2D eigenvalue weighted by atomic mass is 10.0. The molecule has 1 N–H and O–H groups in total. The van der Waals surface area contributed by atoms with Crippen molar-refractivity contribution in [1.82, 2.24) is 0 Å². The van der Waals surface area contributed by atoms with E-state index in [9.17, 15) is 8.42 Å². The molecule has 0 spiro atoms. The molecule has 12 heavy (non-hydrogen) atoms. The van der Waals surface area contributed by atoms with E-state index in [2.05, 4.69) is 6.58 Å². The summed E-state index contributed by atoms with van der Waals surface area (Å²) in [6.45, 7) is 5.52.